The summed E-state index contributed by atoms with van der Waals surface area (Å²) in [5, 5.41) is 0. The van der Waals surface area contributed by atoms with E-state index in [9.17, 15) is 4.79 Å². The Labute approximate surface area is 102 Å². The van der Waals surface area contributed by atoms with Crippen molar-refractivity contribution in [2.45, 2.75) is 39.2 Å². The molecule has 17 heavy (non-hydrogen) atoms. The Morgan fingerprint density at radius 3 is 2.71 bits per heavy atom. The number of nitrogens with zero attached hydrogens (tertiary/aromatic N) is 1. The van der Waals surface area contributed by atoms with E-state index in [1.807, 2.05) is 24.8 Å². The van der Waals surface area contributed by atoms with Crippen molar-refractivity contribution in [3.05, 3.63) is 23.2 Å². The molecule has 0 spiro atoms. The van der Waals surface area contributed by atoms with Crippen LogP contribution in [-0.2, 0) is 6.42 Å². The van der Waals surface area contributed by atoms with Crippen LogP contribution in [0.3, 0.4) is 0 Å². The SMILES string of the molecule is CCc1oc(C(=O)N2CCC(N)CC2)cc1C. The minimum absolute atomic E-state index is 0.000278. The van der Waals surface area contributed by atoms with Gasteiger partial charge in [-0.3, -0.25) is 4.79 Å². The van der Waals surface area contributed by atoms with Crippen molar-refractivity contribution in [2.75, 3.05) is 13.1 Å². The van der Waals surface area contributed by atoms with Gasteiger partial charge >= 0.3 is 0 Å². The van der Waals surface area contributed by atoms with E-state index in [2.05, 4.69) is 0 Å². The fourth-order valence-corrected chi connectivity index (χ4v) is 2.23. The zero-order valence-electron chi connectivity index (χ0n) is 10.5. The van der Waals surface area contributed by atoms with Crippen LogP contribution < -0.4 is 5.73 Å². The summed E-state index contributed by atoms with van der Waals surface area (Å²) in [5.41, 5.74) is 6.88. The second-order valence-corrected chi connectivity index (χ2v) is 4.70. The Bertz CT molecular complexity index is 404. The van der Waals surface area contributed by atoms with Crippen molar-refractivity contribution in [2.24, 2.45) is 5.73 Å². The average molecular weight is 236 g/mol. The number of piperidine rings is 1. The van der Waals surface area contributed by atoms with Gasteiger partial charge in [0.25, 0.3) is 5.91 Å². The predicted molar refractivity (Wildman–Crippen MR) is 65.9 cm³/mol. The lowest BCUT2D eigenvalue weighted by atomic mass is 10.1. The van der Waals surface area contributed by atoms with Gasteiger partial charge in [-0.2, -0.15) is 0 Å². The van der Waals surface area contributed by atoms with Crippen LogP contribution in [-0.4, -0.2) is 29.9 Å². The topological polar surface area (TPSA) is 59.5 Å². The lowest BCUT2D eigenvalue weighted by molar-refractivity contribution is 0.0681. The van der Waals surface area contributed by atoms with E-state index in [1.165, 1.54) is 0 Å². The van der Waals surface area contributed by atoms with E-state index in [-0.39, 0.29) is 11.9 Å². The van der Waals surface area contributed by atoms with E-state index in [0.717, 1.165) is 43.7 Å². The van der Waals surface area contributed by atoms with Gasteiger partial charge in [0.1, 0.15) is 5.76 Å². The molecule has 0 aromatic carbocycles. The Morgan fingerprint density at radius 2 is 2.18 bits per heavy atom. The maximum atomic E-state index is 12.2. The third-order valence-electron chi connectivity index (χ3n) is 3.38. The van der Waals surface area contributed by atoms with Crippen molar-refractivity contribution in [1.29, 1.82) is 0 Å². The normalized spacial score (nSPS) is 17.5. The summed E-state index contributed by atoms with van der Waals surface area (Å²) in [6.45, 7) is 5.48. The zero-order chi connectivity index (χ0) is 12.4. The minimum atomic E-state index is -0.000278. The van der Waals surface area contributed by atoms with Crippen LogP contribution in [0.4, 0.5) is 0 Å². The summed E-state index contributed by atoms with van der Waals surface area (Å²) in [5.74, 6) is 1.37. The molecule has 1 aromatic rings. The lowest BCUT2D eigenvalue weighted by Crippen LogP contribution is -2.42. The van der Waals surface area contributed by atoms with Gasteiger partial charge in [-0.25, -0.2) is 0 Å². The highest BCUT2D eigenvalue weighted by atomic mass is 16.4. The summed E-state index contributed by atoms with van der Waals surface area (Å²) in [6, 6.07) is 2.08. The molecule has 1 amide bonds. The highest BCUT2D eigenvalue weighted by Gasteiger charge is 2.24. The van der Waals surface area contributed by atoms with E-state index in [0.29, 0.717) is 5.76 Å². The van der Waals surface area contributed by atoms with Gasteiger partial charge in [-0.15, -0.1) is 0 Å². The van der Waals surface area contributed by atoms with Crippen LogP contribution in [0, 0.1) is 6.92 Å². The van der Waals surface area contributed by atoms with Gasteiger partial charge in [-0.1, -0.05) is 6.92 Å². The highest BCUT2D eigenvalue weighted by molar-refractivity contribution is 5.91. The molecule has 0 radical (unpaired) electrons. The van der Waals surface area contributed by atoms with Crippen LogP contribution in [0.5, 0.6) is 0 Å². The largest absolute Gasteiger partial charge is 0.456 e. The Hall–Kier alpha value is -1.29. The molecule has 1 aliphatic rings. The van der Waals surface area contributed by atoms with Crippen LogP contribution in [0.15, 0.2) is 10.5 Å². The third kappa shape index (κ3) is 2.52. The molecular weight excluding hydrogens is 216 g/mol. The number of nitrogens with two attached hydrogens (primary N) is 1. The molecule has 0 unspecified atom stereocenters. The summed E-state index contributed by atoms with van der Waals surface area (Å²) in [4.78, 5) is 14.0. The van der Waals surface area contributed by atoms with E-state index >= 15 is 0 Å². The van der Waals surface area contributed by atoms with Gasteiger partial charge in [0.15, 0.2) is 5.76 Å². The predicted octanol–water partition coefficient (Wildman–Crippen LogP) is 1.71. The first-order valence-electron chi connectivity index (χ1n) is 6.26. The van der Waals surface area contributed by atoms with Gasteiger partial charge < -0.3 is 15.1 Å². The second-order valence-electron chi connectivity index (χ2n) is 4.70. The van der Waals surface area contributed by atoms with Gasteiger partial charge in [0.2, 0.25) is 0 Å². The molecular formula is C13H20N2O2. The quantitative estimate of drug-likeness (QED) is 0.850. The first kappa shape index (κ1) is 12.2. The van der Waals surface area contributed by atoms with E-state index in [1.54, 1.807) is 0 Å². The average Bonchev–Trinajstić information content (AvgIpc) is 2.70. The maximum absolute atomic E-state index is 12.2. The van der Waals surface area contributed by atoms with Gasteiger partial charge in [0.05, 0.1) is 0 Å². The van der Waals surface area contributed by atoms with Crippen molar-refractivity contribution in [1.82, 2.24) is 4.90 Å². The smallest absolute Gasteiger partial charge is 0.289 e. The fraction of sp³-hybridized carbons (Fsp3) is 0.615. The third-order valence-corrected chi connectivity index (χ3v) is 3.38. The number of carbonyl (C=O) groups is 1. The molecule has 1 aliphatic heterocycles. The number of furan rings is 1. The molecule has 4 heteroatoms. The number of carbonyl (C=O) groups excluding carboxylic acids is 1. The number of hydrogen-bond acceptors (Lipinski definition) is 3. The lowest BCUT2D eigenvalue weighted by Gasteiger charge is -2.29. The maximum Gasteiger partial charge on any atom is 0.289 e. The molecule has 0 saturated carbocycles. The number of likely N-dealkylation sites (tertiary alicyclic amines) is 1. The van der Waals surface area contributed by atoms with Gasteiger partial charge in [0, 0.05) is 25.6 Å². The molecule has 2 N–H and O–H groups in total. The molecule has 1 saturated heterocycles. The molecule has 0 bridgehead atoms. The molecule has 2 rings (SSSR count). The molecule has 0 atom stereocenters. The molecule has 4 nitrogen and oxygen atoms in total. The summed E-state index contributed by atoms with van der Waals surface area (Å²) >= 11 is 0. The standard InChI is InChI=1S/C13H20N2O2/c1-3-11-9(2)8-12(17-11)13(16)15-6-4-10(14)5-7-15/h8,10H,3-7,14H2,1-2H3. The first-order valence-corrected chi connectivity index (χ1v) is 6.26. The molecule has 94 valence electrons. The van der Waals surface area contributed by atoms with Crippen LogP contribution in [0.2, 0.25) is 0 Å². The Morgan fingerprint density at radius 1 is 1.53 bits per heavy atom. The Kier molecular flexibility index (Phi) is 3.52. The number of rotatable bonds is 2. The van der Waals surface area contributed by atoms with Crippen LogP contribution >= 0.6 is 0 Å². The molecule has 1 aromatic heterocycles. The van der Waals surface area contributed by atoms with Gasteiger partial charge in [-0.05, 0) is 31.4 Å². The number of aryl methyl sites for hydroxylation is 2. The summed E-state index contributed by atoms with van der Waals surface area (Å²) in [7, 11) is 0. The number of amides is 1. The molecule has 1 fully saturated rings. The van der Waals surface area contributed by atoms with Crippen molar-refractivity contribution in [3.8, 4) is 0 Å². The van der Waals surface area contributed by atoms with E-state index < -0.39 is 0 Å². The van der Waals surface area contributed by atoms with Crippen molar-refractivity contribution in [3.63, 3.8) is 0 Å². The zero-order valence-corrected chi connectivity index (χ0v) is 10.5. The highest BCUT2D eigenvalue weighted by Crippen LogP contribution is 2.18. The summed E-state index contributed by atoms with van der Waals surface area (Å²) in [6.07, 6.45) is 2.59. The minimum Gasteiger partial charge on any atom is -0.456 e. The van der Waals surface area contributed by atoms with Crippen molar-refractivity contribution >= 4 is 5.91 Å². The fourth-order valence-electron chi connectivity index (χ4n) is 2.23. The second kappa shape index (κ2) is 4.92. The van der Waals surface area contributed by atoms with Crippen LogP contribution in [0.25, 0.3) is 0 Å². The first-order chi connectivity index (χ1) is 8.11. The number of hydrogen-bond donors (Lipinski definition) is 1. The Balaban J connectivity index is 2.08. The van der Waals surface area contributed by atoms with Crippen molar-refractivity contribution < 1.29 is 9.21 Å². The monoisotopic (exact) mass is 236 g/mol. The molecule has 2 heterocycles. The van der Waals surface area contributed by atoms with Crippen LogP contribution in [0.1, 0.15) is 41.6 Å². The molecule has 0 aliphatic carbocycles. The van der Waals surface area contributed by atoms with E-state index in [4.69, 9.17) is 10.2 Å². The summed E-state index contributed by atoms with van der Waals surface area (Å²) < 4.78 is 5.58.